The van der Waals surface area contributed by atoms with E-state index in [1.165, 1.54) is 0 Å². The molecular formula is C13H26O3Si. The van der Waals surface area contributed by atoms with E-state index in [9.17, 15) is 4.79 Å². The fraction of sp³-hybridized carbons (Fsp3) is 0.923. The Bertz CT molecular complexity index is 294. The van der Waals surface area contributed by atoms with Crippen molar-refractivity contribution in [3.63, 3.8) is 0 Å². The van der Waals surface area contributed by atoms with Gasteiger partial charge in [-0.05, 0) is 32.0 Å². The zero-order chi connectivity index (χ0) is 13.4. The van der Waals surface area contributed by atoms with Crippen molar-refractivity contribution < 1.29 is 14.0 Å². The highest BCUT2D eigenvalue weighted by molar-refractivity contribution is 6.74. The number of esters is 1. The van der Waals surface area contributed by atoms with Crippen LogP contribution in [0.1, 0.15) is 41.0 Å². The predicted molar refractivity (Wildman–Crippen MR) is 71.4 cm³/mol. The monoisotopic (exact) mass is 258 g/mol. The number of hydrogen-bond acceptors (Lipinski definition) is 3. The molecule has 0 aromatic carbocycles. The van der Waals surface area contributed by atoms with Crippen LogP contribution < -0.4 is 0 Å². The fourth-order valence-corrected chi connectivity index (χ4v) is 3.20. The van der Waals surface area contributed by atoms with Crippen molar-refractivity contribution in [2.45, 2.75) is 71.4 Å². The van der Waals surface area contributed by atoms with Crippen LogP contribution in [-0.2, 0) is 14.0 Å². The summed E-state index contributed by atoms with van der Waals surface area (Å²) in [5.74, 6) is -0.0324. The number of hydrogen-bond donors (Lipinski definition) is 0. The summed E-state index contributed by atoms with van der Waals surface area (Å²) in [6.07, 6.45) is 1.04. The molecule has 0 saturated carbocycles. The van der Waals surface area contributed by atoms with Crippen LogP contribution in [0.15, 0.2) is 0 Å². The Morgan fingerprint density at radius 1 is 1.41 bits per heavy atom. The standard InChI is InChI=1S/C13H26O3Si/c1-9(8-11-10(2)12(14)15-11)16-17(6,7)13(3,4)5/h9-11H,8H2,1-7H3/t9-,10-,11+/m0/s1. The van der Waals surface area contributed by atoms with E-state index in [2.05, 4.69) is 40.8 Å². The molecule has 0 bridgehead atoms. The maximum absolute atomic E-state index is 11.0. The van der Waals surface area contributed by atoms with Gasteiger partial charge in [0.1, 0.15) is 6.10 Å². The van der Waals surface area contributed by atoms with E-state index in [0.29, 0.717) is 0 Å². The van der Waals surface area contributed by atoms with Crippen LogP contribution in [0.25, 0.3) is 0 Å². The zero-order valence-electron chi connectivity index (χ0n) is 12.2. The summed E-state index contributed by atoms with van der Waals surface area (Å²) in [6, 6.07) is 0. The highest BCUT2D eigenvalue weighted by Gasteiger charge is 2.42. The third kappa shape index (κ3) is 3.32. The first-order valence-corrected chi connectivity index (χ1v) is 9.34. The second-order valence-electron chi connectivity index (χ2n) is 6.69. The van der Waals surface area contributed by atoms with Crippen molar-refractivity contribution >= 4 is 14.3 Å². The summed E-state index contributed by atoms with van der Waals surface area (Å²) in [6.45, 7) is 15.2. The topological polar surface area (TPSA) is 35.5 Å². The molecule has 0 spiro atoms. The van der Waals surface area contributed by atoms with Crippen molar-refractivity contribution in [2.24, 2.45) is 5.92 Å². The third-order valence-corrected chi connectivity index (χ3v) is 8.67. The van der Waals surface area contributed by atoms with Gasteiger partial charge in [-0.3, -0.25) is 4.79 Å². The number of ether oxygens (including phenoxy) is 1. The normalized spacial score (nSPS) is 27.4. The minimum atomic E-state index is -1.70. The maximum atomic E-state index is 11.0. The molecule has 1 rings (SSSR count). The van der Waals surface area contributed by atoms with Crippen LogP contribution in [0.3, 0.4) is 0 Å². The largest absolute Gasteiger partial charge is 0.461 e. The van der Waals surface area contributed by atoms with Gasteiger partial charge in [-0.1, -0.05) is 20.8 Å². The lowest BCUT2D eigenvalue weighted by Crippen LogP contribution is -2.48. The highest BCUT2D eigenvalue weighted by Crippen LogP contribution is 2.38. The lowest BCUT2D eigenvalue weighted by Gasteiger charge is -2.40. The molecule has 1 aliphatic rings. The summed E-state index contributed by atoms with van der Waals surface area (Å²) in [4.78, 5) is 11.0. The smallest absolute Gasteiger partial charge is 0.312 e. The van der Waals surface area contributed by atoms with Gasteiger partial charge in [0, 0.05) is 12.5 Å². The van der Waals surface area contributed by atoms with Crippen molar-refractivity contribution in [1.82, 2.24) is 0 Å². The van der Waals surface area contributed by atoms with Gasteiger partial charge in [0.2, 0.25) is 0 Å². The number of cyclic esters (lactones) is 1. The molecule has 0 unspecified atom stereocenters. The number of carbonyl (C=O) groups excluding carboxylic acids is 1. The summed E-state index contributed by atoms with van der Waals surface area (Å²) in [7, 11) is -1.70. The summed E-state index contributed by atoms with van der Waals surface area (Å²) >= 11 is 0. The minimum Gasteiger partial charge on any atom is -0.461 e. The highest BCUT2D eigenvalue weighted by atomic mass is 28.4. The Labute approximate surface area is 106 Å². The third-order valence-electron chi connectivity index (χ3n) is 4.06. The van der Waals surface area contributed by atoms with Gasteiger partial charge in [-0.2, -0.15) is 0 Å². The fourth-order valence-electron chi connectivity index (χ4n) is 1.75. The van der Waals surface area contributed by atoms with Gasteiger partial charge in [0.15, 0.2) is 8.32 Å². The molecule has 0 radical (unpaired) electrons. The molecule has 3 atom stereocenters. The first kappa shape index (κ1) is 14.7. The van der Waals surface area contributed by atoms with Gasteiger partial charge < -0.3 is 9.16 Å². The summed E-state index contributed by atoms with van der Waals surface area (Å²) in [5, 5.41) is 0.225. The van der Waals surface area contributed by atoms with Crippen LogP contribution in [-0.4, -0.2) is 26.5 Å². The maximum Gasteiger partial charge on any atom is 0.312 e. The summed E-state index contributed by atoms with van der Waals surface area (Å²) in [5.41, 5.74) is 0. The Hall–Kier alpha value is -0.353. The van der Waals surface area contributed by atoms with Gasteiger partial charge in [-0.25, -0.2) is 0 Å². The molecule has 1 fully saturated rings. The molecule has 0 aromatic heterocycles. The van der Waals surface area contributed by atoms with Gasteiger partial charge >= 0.3 is 5.97 Å². The minimum absolute atomic E-state index is 0.0421. The lowest BCUT2D eigenvalue weighted by atomic mass is 9.95. The van der Waals surface area contributed by atoms with Crippen LogP contribution >= 0.6 is 0 Å². The SMILES string of the molecule is C[C@@H]1C(=O)O[C@@H]1C[C@H](C)O[Si](C)(C)C(C)(C)C. The quantitative estimate of drug-likeness (QED) is 0.573. The number of carbonyl (C=O) groups is 1. The Balaban J connectivity index is 2.45. The van der Waals surface area contributed by atoms with Crippen LogP contribution in [0.5, 0.6) is 0 Å². The molecule has 0 N–H and O–H groups in total. The number of rotatable bonds is 4. The molecule has 4 heteroatoms. The molecule has 1 saturated heterocycles. The van der Waals surface area contributed by atoms with E-state index >= 15 is 0 Å². The first-order chi connectivity index (χ1) is 7.54. The van der Waals surface area contributed by atoms with E-state index in [1.54, 1.807) is 0 Å². The summed E-state index contributed by atoms with van der Waals surface area (Å²) < 4.78 is 11.4. The van der Waals surface area contributed by atoms with E-state index in [1.807, 2.05) is 6.92 Å². The second-order valence-corrected chi connectivity index (χ2v) is 11.4. The molecule has 0 aliphatic carbocycles. The average Bonchev–Trinajstić information content (AvgIpc) is 2.14. The average molecular weight is 258 g/mol. The van der Waals surface area contributed by atoms with E-state index < -0.39 is 8.32 Å². The molecule has 0 aromatic rings. The van der Waals surface area contributed by atoms with Crippen molar-refractivity contribution in [3.8, 4) is 0 Å². The molecular weight excluding hydrogens is 232 g/mol. The first-order valence-electron chi connectivity index (χ1n) is 6.43. The van der Waals surface area contributed by atoms with Crippen LogP contribution in [0.4, 0.5) is 0 Å². The van der Waals surface area contributed by atoms with Gasteiger partial charge in [0.25, 0.3) is 0 Å². The van der Waals surface area contributed by atoms with Crippen molar-refractivity contribution in [3.05, 3.63) is 0 Å². The Kier molecular flexibility index (Phi) is 4.09. The molecule has 17 heavy (non-hydrogen) atoms. The van der Waals surface area contributed by atoms with E-state index in [-0.39, 0.29) is 29.1 Å². The Morgan fingerprint density at radius 2 is 1.94 bits per heavy atom. The molecule has 0 amide bonds. The van der Waals surface area contributed by atoms with E-state index in [0.717, 1.165) is 6.42 Å². The molecule has 1 aliphatic heterocycles. The van der Waals surface area contributed by atoms with E-state index in [4.69, 9.17) is 9.16 Å². The molecule has 3 nitrogen and oxygen atoms in total. The predicted octanol–water partition coefficient (Wildman–Crippen LogP) is 3.35. The van der Waals surface area contributed by atoms with Crippen LogP contribution in [0, 0.1) is 5.92 Å². The molecule has 100 valence electrons. The van der Waals surface area contributed by atoms with Gasteiger partial charge in [-0.15, -0.1) is 0 Å². The van der Waals surface area contributed by atoms with Crippen molar-refractivity contribution in [1.29, 1.82) is 0 Å². The second kappa shape index (κ2) is 4.73. The van der Waals surface area contributed by atoms with Crippen LogP contribution in [0.2, 0.25) is 18.1 Å². The van der Waals surface area contributed by atoms with Crippen molar-refractivity contribution in [2.75, 3.05) is 0 Å². The zero-order valence-corrected chi connectivity index (χ0v) is 13.2. The molecule has 1 heterocycles. The Morgan fingerprint density at radius 3 is 2.29 bits per heavy atom. The lowest BCUT2D eigenvalue weighted by molar-refractivity contribution is -0.185. The van der Waals surface area contributed by atoms with Gasteiger partial charge in [0.05, 0.1) is 5.92 Å².